The molecule has 0 saturated heterocycles. The Kier molecular flexibility index (Phi) is 5.06. The lowest BCUT2D eigenvalue weighted by Gasteiger charge is -2.41. The van der Waals surface area contributed by atoms with Crippen LogP contribution in [0.5, 0.6) is 5.75 Å². The summed E-state index contributed by atoms with van der Waals surface area (Å²) in [5, 5.41) is 10.9. The minimum Gasteiger partial charge on any atom is -0.497 e. The van der Waals surface area contributed by atoms with Crippen LogP contribution in [0.2, 0.25) is 0 Å². The van der Waals surface area contributed by atoms with Crippen molar-refractivity contribution in [3.8, 4) is 5.75 Å². The predicted octanol–water partition coefficient (Wildman–Crippen LogP) is 3.07. The summed E-state index contributed by atoms with van der Waals surface area (Å²) in [4.78, 5) is 0. The van der Waals surface area contributed by atoms with E-state index in [9.17, 15) is 5.11 Å². The molecule has 1 saturated carbocycles. The van der Waals surface area contributed by atoms with Crippen LogP contribution >= 0.6 is 0 Å². The van der Waals surface area contributed by atoms with E-state index in [1.54, 1.807) is 7.11 Å². The van der Waals surface area contributed by atoms with Crippen LogP contribution in [0.3, 0.4) is 0 Å². The Morgan fingerprint density at radius 1 is 1.20 bits per heavy atom. The molecule has 0 aliphatic heterocycles. The number of aliphatic hydroxyl groups is 1. The molecule has 3 N–H and O–H groups in total. The minimum atomic E-state index is -0.374. The highest BCUT2D eigenvalue weighted by Gasteiger charge is 2.38. The second-order valence-electron chi connectivity index (χ2n) is 6.27. The van der Waals surface area contributed by atoms with Crippen molar-refractivity contribution in [1.29, 1.82) is 0 Å². The third-order valence-corrected chi connectivity index (χ3v) is 4.89. The number of rotatable bonds is 5. The molecule has 1 aromatic carbocycles. The third-order valence-electron chi connectivity index (χ3n) is 4.89. The summed E-state index contributed by atoms with van der Waals surface area (Å²) in [6, 6.07) is 7.92. The Hall–Kier alpha value is -1.06. The molecule has 0 bridgehead atoms. The Morgan fingerprint density at radius 2 is 1.80 bits per heavy atom. The van der Waals surface area contributed by atoms with Gasteiger partial charge in [-0.2, -0.15) is 0 Å². The van der Waals surface area contributed by atoms with Gasteiger partial charge in [-0.05, 0) is 36.0 Å². The van der Waals surface area contributed by atoms with Crippen LogP contribution in [-0.2, 0) is 0 Å². The van der Waals surface area contributed by atoms with Crippen molar-refractivity contribution in [2.75, 3.05) is 13.7 Å². The standard InChI is InChI=1S/C17H27NO2/c1-17(10-4-3-5-11-17)16(19)15(12-18)13-6-8-14(20-2)9-7-13/h6-9,15-16,19H,3-5,10-12,18H2,1-2H3. The van der Waals surface area contributed by atoms with Crippen molar-refractivity contribution in [3.05, 3.63) is 29.8 Å². The number of nitrogens with two attached hydrogens (primary N) is 1. The summed E-state index contributed by atoms with van der Waals surface area (Å²) in [6.07, 6.45) is 5.54. The fraction of sp³-hybridized carbons (Fsp3) is 0.647. The van der Waals surface area contributed by atoms with Crippen LogP contribution in [0.4, 0.5) is 0 Å². The highest BCUT2D eigenvalue weighted by Crippen LogP contribution is 2.43. The van der Waals surface area contributed by atoms with Gasteiger partial charge in [-0.15, -0.1) is 0 Å². The van der Waals surface area contributed by atoms with E-state index < -0.39 is 0 Å². The summed E-state index contributed by atoms with van der Waals surface area (Å²) in [7, 11) is 1.66. The number of benzene rings is 1. The van der Waals surface area contributed by atoms with Crippen LogP contribution < -0.4 is 10.5 Å². The van der Waals surface area contributed by atoms with E-state index in [4.69, 9.17) is 10.5 Å². The van der Waals surface area contributed by atoms with E-state index in [-0.39, 0.29) is 17.4 Å². The maximum absolute atomic E-state index is 10.9. The fourth-order valence-electron chi connectivity index (χ4n) is 3.44. The van der Waals surface area contributed by atoms with Gasteiger partial charge in [0.1, 0.15) is 5.75 Å². The summed E-state index contributed by atoms with van der Waals surface area (Å²) < 4.78 is 5.19. The quantitative estimate of drug-likeness (QED) is 0.869. The van der Waals surface area contributed by atoms with E-state index in [1.807, 2.05) is 24.3 Å². The summed E-state index contributed by atoms with van der Waals surface area (Å²) >= 11 is 0. The predicted molar refractivity (Wildman–Crippen MR) is 82.0 cm³/mol. The van der Waals surface area contributed by atoms with Gasteiger partial charge in [-0.25, -0.2) is 0 Å². The first-order valence-electron chi connectivity index (χ1n) is 7.63. The molecule has 2 rings (SSSR count). The van der Waals surface area contributed by atoms with Gasteiger partial charge in [-0.1, -0.05) is 38.3 Å². The Bertz CT molecular complexity index is 410. The smallest absolute Gasteiger partial charge is 0.118 e. The van der Waals surface area contributed by atoms with Crippen molar-refractivity contribution in [2.24, 2.45) is 11.1 Å². The van der Waals surface area contributed by atoms with Gasteiger partial charge in [0, 0.05) is 12.5 Å². The number of hydrogen-bond acceptors (Lipinski definition) is 3. The number of aliphatic hydroxyl groups excluding tert-OH is 1. The van der Waals surface area contributed by atoms with Gasteiger partial charge >= 0.3 is 0 Å². The molecule has 3 nitrogen and oxygen atoms in total. The van der Waals surface area contributed by atoms with Crippen molar-refractivity contribution in [3.63, 3.8) is 0 Å². The fourth-order valence-corrected chi connectivity index (χ4v) is 3.44. The summed E-state index contributed by atoms with van der Waals surface area (Å²) in [6.45, 7) is 2.69. The topological polar surface area (TPSA) is 55.5 Å². The molecule has 1 aromatic rings. The molecule has 2 unspecified atom stereocenters. The van der Waals surface area contributed by atoms with Crippen molar-refractivity contribution in [2.45, 2.75) is 51.0 Å². The Balaban J connectivity index is 2.17. The van der Waals surface area contributed by atoms with E-state index in [1.165, 1.54) is 19.3 Å². The molecule has 0 aromatic heterocycles. The zero-order chi connectivity index (χ0) is 14.6. The first kappa shape index (κ1) is 15.3. The molecule has 20 heavy (non-hydrogen) atoms. The van der Waals surface area contributed by atoms with Gasteiger partial charge in [-0.3, -0.25) is 0 Å². The lowest BCUT2D eigenvalue weighted by Crippen LogP contribution is -2.41. The Labute approximate surface area is 122 Å². The van der Waals surface area contributed by atoms with Crippen LogP contribution in [0, 0.1) is 5.41 Å². The lowest BCUT2D eigenvalue weighted by atomic mass is 9.67. The largest absolute Gasteiger partial charge is 0.497 e. The maximum atomic E-state index is 10.9. The molecule has 1 fully saturated rings. The Morgan fingerprint density at radius 3 is 2.30 bits per heavy atom. The van der Waals surface area contributed by atoms with Crippen molar-refractivity contribution >= 4 is 0 Å². The SMILES string of the molecule is COc1ccc(C(CN)C(O)C2(C)CCCCC2)cc1. The van der Waals surface area contributed by atoms with Gasteiger partial charge in [0.05, 0.1) is 13.2 Å². The number of methoxy groups -OCH3 is 1. The summed E-state index contributed by atoms with van der Waals surface area (Å²) in [5.74, 6) is 0.840. The molecule has 2 atom stereocenters. The monoisotopic (exact) mass is 277 g/mol. The molecule has 0 radical (unpaired) electrons. The van der Waals surface area contributed by atoms with Crippen LogP contribution in [0.15, 0.2) is 24.3 Å². The van der Waals surface area contributed by atoms with Gasteiger partial charge in [0.15, 0.2) is 0 Å². The first-order valence-corrected chi connectivity index (χ1v) is 7.63. The van der Waals surface area contributed by atoms with Crippen LogP contribution in [0.1, 0.15) is 50.5 Å². The van der Waals surface area contributed by atoms with E-state index >= 15 is 0 Å². The summed E-state index contributed by atoms with van der Waals surface area (Å²) in [5.41, 5.74) is 7.06. The first-order chi connectivity index (χ1) is 9.60. The molecule has 0 heterocycles. The molecule has 1 aliphatic rings. The average Bonchev–Trinajstić information content (AvgIpc) is 2.49. The van der Waals surface area contributed by atoms with E-state index in [0.29, 0.717) is 6.54 Å². The van der Waals surface area contributed by atoms with Crippen molar-refractivity contribution < 1.29 is 9.84 Å². The molecule has 3 heteroatoms. The van der Waals surface area contributed by atoms with Crippen LogP contribution in [-0.4, -0.2) is 24.9 Å². The normalized spacial score (nSPS) is 21.2. The highest BCUT2D eigenvalue weighted by atomic mass is 16.5. The number of hydrogen-bond donors (Lipinski definition) is 2. The molecular formula is C17H27NO2. The van der Waals surface area contributed by atoms with Gasteiger partial charge in [0.2, 0.25) is 0 Å². The molecule has 0 amide bonds. The molecule has 0 spiro atoms. The number of ether oxygens (including phenoxy) is 1. The zero-order valence-electron chi connectivity index (χ0n) is 12.6. The molecule has 1 aliphatic carbocycles. The second-order valence-corrected chi connectivity index (χ2v) is 6.27. The van der Waals surface area contributed by atoms with E-state index in [0.717, 1.165) is 24.2 Å². The second kappa shape index (κ2) is 6.59. The highest BCUT2D eigenvalue weighted by molar-refractivity contribution is 5.30. The van der Waals surface area contributed by atoms with E-state index in [2.05, 4.69) is 6.92 Å². The van der Waals surface area contributed by atoms with Crippen molar-refractivity contribution in [1.82, 2.24) is 0 Å². The maximum Gasteiger partial charge on any atom is 0.118 e. The molecular weight excluding hydrogens is 250 g/mol. The lowest BCUT2D eigenvalue weighted by molar-refractivity contribution is -0.00750. The average molecular weight is 277 g/mol. The zero-order valence-corrected chi connectivity index (χ0v) is 12.6. The van der Waals surface area contributed by atoms with Gasteiger partial charge in [0.25, 0.3) is 0 Å². The van der Waals surface area contributed by atoms with Gasteiger partial charge < -0.3 is 15.6 Å². The molecule has 112 valence electrons. The van der Waals surface area contributed by atoms with Crippen LogP contribution in [0.25, 0.3) is 0 Å². The minimum absolute atomic E-state index is 0.00220. The third kappa shape index (κ3) is 3.15.